The van der Waals surface area contributed by atoms with Gasteiger partial charge in [0.25, 0.3) is 0 Å². The number of nitrogens with two attached hydrogens (primary N) is 1. The number of anilines is 1. The van der Waals surface area contributed by atoms with Gasteiger partial charge in [0.1, 0.15) is 11.5 Å². The van der Waals surface area contributed by atoms with Crippen molar-refractivity contribution < 1.29 is 9.47 Å². The number of aliphatic imine (C=N–C) groups is 1. The second-order valence-corrected chi connectivity index (χ2v) is 5.89. The number of ether oxygens (including phenoxy) is 2. The zero-order valence-electron chi connectivity index (χ0n) is 15.4. The lowest BCUT2D eigenvalue weighted by Crippen LogP contribution is -2.23. The average molecular weight is 477 g/mol. The summed E-state index contributed by atoms with van der Waals surface area (Å²) in [7, 11) is 3.23. The van der Waals surface area contributed by atoms with Crippen LogP contribution in [0.4, 0.5) is 5.69 Å². The number of hydrogen-bond acceptors (Lipinski definition) is 3. The van der Waals surface area contributed by atoms with E-state index in [1.807, 2.05) is 30.3 Å². The molecular weight excluding hydrogens is 453 g/mol. The first kappa shape index (κ1) is 20.8. The number of rotatable bonds is 6. The van der Waals surface area contributed by atoms with Gasteiger partial charge in [-0.2, -0.15) is 0 Å². The van der Waals surface area contributed by atoms with E-state index in [9.17, 15) is 0 Å². The number of guanidine groups is 1. The molecule has 3 rings (SSSR count). The molecule has 3 N–H and O–H groups in total. The lowest BCUT2D eigenvalue weighted by Gasteiger charge is -2.12. The van der Waals surface area contributed by atoms with Gasteiger partial charge in [0.2, 0.25) is 0 Å². The van der Waals surface area contributed by atoms with Gasteiger partial charge in [-0.3, -0.25) is 4.99 Å². The van der Waals surface area contributed by atoms with E-state index in [4.69, 9.17) is 15.2 Å². The Balaban J connectivity index is 0.00000261. The van der Waals surface area contributed by atoms with Crippen LogP contribution >= 0.6 is 24.0 Å². The van der Waals surface area contributed by atoms with E-state index in [1.54, 1.807) is 14.2 Å². The Morgan fingerprint density at radius 3 is 2.48 bits per heavy atom. The molecule has 0 saturated carbocycles. The molecule has 0 amide bonds. The summed E-state index contributed by atoms with van der Waals surface area (Å²) >= 11 is 0. The highest BCUT2D eigenvalue weighted by atomic mass is 127. The molecule has 6 heteroatoms. The Kier molecular flexibility index (Phi) is 7.72. The molecule has 0 aromatic heterocycles. The molecule has 142 valence electrons. The van der Waals surface area contributed by atoms with Crippen LogP contribution in [-0.4, -0.2) is 26.7 Å². The largest absolute Gasteiger partial charge is 0.497 e. The number of fused-ring (bicyclic) bond motifs is 1. The van der Waals surface area contributed by atoms with Gasteiger partial charge in [0.05, 0.1) is 19.9 Å². The summed E-state index contributed by atoms with van der Waals surface area (Å²) in [6.45, 7) is 0.601. The second kappa shape index (κ2) is 10.0. The third kappa shape index (κ3) is 5.50. The molecule has 3 aromatic rings. The predicted molar refractivity (Wildman–Crippen MR) is 123 cm³/mol. The van der Waals surface area contributed by atoms with Gasteiger partial charge < -0.3 is 20.5 Å². The monoisotopic (exact) mass is 477 g/mol. The molecule has 0 fully saturated rings. The first-order valence-corrected chi connectivity index (χ1v) is 8.46. The van der Waals surface area contributed by atoms with Crippen molar-refractivity contribution in [3.8, 4) is 11.5 Å². The lowest BCUT2D eigenvalue weighted by atomic mass is 10.1. The lowest BCUT2D eigenvalue weighted by molar-refractivity contribution is 0.405. The molecule has 0 saturated heterocycles. The van der Waals surface area contributed by atoms with Crippen molar-refractivity contribution in [3.05, 3.63) is 66.2 Å². The number of hydrogen-bond donors (Lipinski definition) is 2. The summed E-state index contributed by atoms with van der Waals surface area (Å²) in [6, 6.07) is 20.3. The second-order valence-electron chi connectivity index (χ2n) is 5.89. The zero-order valence-corrected chi connectivity index (χ0v) is 17.8. The highest BCUT2D eigenvalue weighted by Crippen LogP contribution is 2.28. The molecule has 0 aliphatic carbocycles. The number of halogens is 1. The van der Waals surface area contributed by atoms with Gasteiger partial charge in [0, 0.05) is 12.6 Å². The molecule has 0 atom stereocenters. The van der Waals surface area contributed by atoms with Gasteiger partial charge in [-0.1, -0.05) is 42.5 Å². The molecule has 0 heterocycles. The van der Waals surface area contributed by atoms with Gasteiger partial charge in [-0.25, -0.2) is 0 Å². The summed E-state index contributed by atoms with van der Waals surface area (Å²) in [6.07, 6.45) is 0.822. The molecular formula is C21H24IN3O2. The molecule has 3 aromatic carbocycles. The van der Waals surface area contributed by atoms with Crippen LogP contribution in [0.1, 0.15) is 5.56 Å². The number of nitrogens with one attached hydrogen (secondary N) is 1. The standard InChI is InChI=1S/C21H23N3O2.HI/c1-25-18-9-10-20(26-2)19(14-18)24-21(22)23-12-11-15-7-8-16-5-3-4-6-17(16)13-15;/h3-10,13-14H,11-12H2,1-2H3,(H3,22,23,24);1H. The van der Waals surface area contributed by atoms with Crippen molar-refractivity contribution in [2.75, 3.05) is 26.1 Å². The Bertz CT molecular complexity index is 928. The Hall–Kier alpha value is -2.48. The molecule has 0 radical (unpaired) electrons. The molecule has 0 aliphatic heterocycles. The first-order valence-electron chi connectivity index (χ1n) is 8.46. The SMILES string of the molecule is COc1ccc(OC)c(NC(N)=NCCc2ccc3ccccc3c2)c1.I. The van der Waals surface area contributed by atoms with E-state index < -0.39 is 0 Å². The van der Waals surface area contributed by atoms with E-state index in [1.165, 1.54) is 16.3 Å². The normalized spacial score (nSPS) is 11.0. The van der Waals surface area contributed by atoms with Crippen molar-refractivity contribution in [1.82, 2.24) is 0 Å². The topological polar surface area (TPSA) is 68.9 Å². The Labute approximate surface area is 176 Å². The summed E-state index contributed by atoms with van der Waals surface area (Å²) in [5, 5.41) is 5.55. The van der Waals surface area contributed by atoms with Crippen molar-refractivity contribution in [1.29, 1.82) is 0 Å². The predicted octanol–water partition coefficient (Wildman–Crippen LogP) is 4.44. The average Bonchev–Trinajstić information content (AvgIpc) is 2.67. The summed E-state index contributed by atoms with van der Waals surface area (Å²) in [5.41, 5.74) is 7.97. The highest BCUT2D eigenvalue weighted by molar-refractivity contribution is 14.0. The Morgan fingerprint density at radius 2 is 1.74 bits per heavy atom. The maximum absolute atomic E-state index is 6.02. The first-order chi connectivity index (χ1) is 12.7. The number of benzene rings is 3. The summed E-state index contributed by atoms with van der Waals surface area (Å²) in [4.78, 5) is 4.41. The van der Waals surface area contributed by atoms with Gasteiger partial charge in [-0.15, -0.1) is 24.0 Å². The van der Waals surface area contributed by atoms with E-state index in [0.29, 0.717) is 18.3 Å². The van der Waals surface area contributed by atoms with Crippen LogP contribution in [0.15, 0.2) is 65.7 Å². The van der Waals surface area contributed by atoms with Crippen LogP contribution in [0, 0.1) is 0 Å². The fourth-order valence-corrected chi connectivity index (χ4v) is 2.79. The van der Waals surface area contributed by atoms with Crippen molar-refractivity contribution >= 4 is 46.4 Å². The van der Waals surface area contributed by atoms with Crippen LogP contribution < -0.4 is 20.5 Å². The van der Waals surface area contributed by atoms with E-state index in [-0.39, 0.29) is 24.0 Å². The number of nitrogens with zero attached hydrogens (tertiary/aromatic N) is 1. The Morgan fingerprint density at radius 1 is 0.963 bits per heavy atom. The van der Waals surface area contributed by atoms with Crippen LogP contribution in [0.25, 0.3) is 10.8 Å². The van der Waals surface area contributed by atoms with Gasteiger partial charge >= 0.3 is 0 Å². The fourth-order valence-electron chi connectivity index (χ4n) is 2.79. The molecule has 27 heavy (non-hydrogen) atoms. The molecule has 0 aliphatic rings. The fraction of sp³-hybridized carbons (Fsp3) is 0.190. The molecule has 5 nitrogen and oxygen atoms in total. The van der Waals surface area contributed by atoms with Crippen LogP contribution in [0.2, 0.25) is 0 Å². The van der Waals surface area contributed by atoms with Crippen LogP contribution in [0.5, 0.6) is 11.5 Å². The minimum atomic E-state index is 0. The third-order valence-corrected chi connectivity index (χ3v) is 4.17. The van der Waals surface area contributed by atoms with E-state index in [0.717, 1.165) is 17.9 Å². The number of methoxy groups -OCH3 is 2. The smallest absolute Gasteiger partial charge is 0.193 e. The van der Waals surface area contributed by atoms with Gasteiger partial charge in [-0.05, 0) is 34.9 Å². The third-order valence-electron chi connectivity index (χ3n) is 4.17. The molecule has 0 bridgehead atoms. The van der Waals surface area contributed by atoms with Crippen LogP contribution in [0.3, 0.4) is 0 Å². The minimum absolute atomic E-state index is 0. The zero-order chi connectivity index (χ0) is 18.4. The van der Waals surface area contributed by atoms with E-state index >= 15 is 0 Å². The van der Waals surface area contributed by atoms with Crippen LogP contribution in [-0.2, 0) is 6.42 Å². The molecule has 0 spiro atoms. The minimum Gasteiger partial charge on any atom is -0.497 e. The van der Waals surface area contributed by atoms with Crippen molar-refractivity contribution in [2.24, 2.45) is 10.7 Å². The van der Waals surface area contributed by atoms with E-state index in [2.05, 4.69) is 40.6 Å². The summed E-state index contributed by atoms with van der Waals surface area (Å²) in [5.74, 6) is 1.74. The quantitative estimate of drug-likeness (QED) is 0.313. The maximum atomic E-state index is 6.02. The van der Waals surface area contributed by atoms with Gasteiger partial charge in [0.15, 0.2) is 5.96 Å². The van der Waals surface area contributed by atoms with Crippen molar-refractivity contribution in [2.45, 2.75) is 6.42 Å². The molecule has 0 unspecified atom stereocenters. The summed E-state index contributed by atoms with van der Waals surface area (Å²) < 4.78 is 10.6. The highest BCUT2D eigenvalue weighted by Gasteiger charge is 2.06. The maximum Gasteiger partial charge on any atom is 0.193 e. The van der Waals surface area contributed by atoms with Crippen molar-refractivity contribution in [3.63, 3.8) is 0 Å².